The van der Waals surface area contributed by atoms with E-state index < -0.39 is 0 Å². The molecule has 0 heterocycles. The first-order valence-corrected chi connectivity index (χ1v) is 6.21. The highest BCUT2D eigenvalue weighted by molar-refractivity contribution is 7.80. The van der Waals surface area contributed by atoms with Gasteiger partial charge in [0.25, 0.3) is 5.17 Å². The molecule has 0 aliphatic carbocycles. The normalized spacial score (nSPS) is 12.2. The molecule has 0 saturated carbocycles. The molecular formula is C13H20N2OS. The Morgan fingerprint density at radius 2 is 2.00 bits per heavy atom. The zero-order chi connectivity index (χ0) is 12.7. The summed E-state index contributed by atoms with van der Waals surface area (Å²) in [5.41, 5.74) is 7.19. The summed E-state index contributed by atoms with van der Waals surface area (Å²) in [6.07, 6.45) is 0.797. The second-order valence-corrected chi connectivity index (χ2v) is 4.72. The molecule has 3 nitrogen and oxygen atoms in total. The van der Waals surface area contributed by atoms with Crippen molar-refractivity contribution in [1.29, 1.82) is 0 Å². The van der Waals surface area contributed by atoms with Gasteiger partial charge in [-0.15, -0.1) is 0 Å². The Morgan fingerprint density at radius 1 is 1.35 bits per heavy atom. The highest BCUT2D eigenvalue weighted by Gasteiger charge is 2.06. The molecule has 0 aliphatic heterocycles. The van der Waals surface area contributed by atoms with Crippen molar-refractivity contribution in [2.75, 3.05) is 6.61 Å². The molecule has 94 valence electrons. The van der Waals surface area contributed by atoms with Gasteiger partial charge in [-0.25, -0.2) is 0 Å². The topological polar surface area (TPSA) is 47.3 Å². The van der Waals surface area contributed by atoms with Crippen LogP contribution in [0.15, 0.2) is 30.3 Å². The number of rotatable bonds is 5. The first-order valence-electron chi connectivity index (χ1n) is 5.80. The van der Waals surface area contributed by atoms with Crippen LogP contribution in [0.3, 0.4) is 0 Å². The maximum absolute atomic E-state index is 5.97. The number of benzene rings is 1. The molecule has 3 N–H and O–H groups in total. The van der Waals surface area contributed by atoms with E-state index in [2.05, 4.69) is 17.4 Å². The van der Waals surface area contributed by atoms with Gasteiger partial charge in [-0.2, -0.15) is 0 Å². The van der Waals surface area contributed by atoms with E-state index >= 15 is 0 Å². The van der Waals surface area contributed by atoms with Gasteiger partial charge in [0, 0.05) is 12.1 Å². The van der Waals surface area contributed by atoms with Crippen molar-refractivity contribution in [3.63, 3.8) is 0 Å². The van der Waals surface area contributed by atoms with Gasteiger partial charge < -0.3 is 15.8 Å². The van der Waals surface area contributed by atoms with Crippen LogP contribution in [-0.4, -0.2) is 23.9 Å². The van der Waals surface area contributed by atoms with Gasteiger partial charge in [0.15, 0.2) is 0 Å². The maximum atomic E-state index is 5.97. The van der Waals surface area contributed by atoms with Gasteiger partial charge in [-0.05, 0) is 38.0 Å². The van der Waals surface area contributed by atoms with Crippen LogP contribution in [0, 0.1) is 0 Å². The number of ether oxygens (including phenoxy) is 1. The summed E-state index contributed by atoms with van der Waals surface area (Å²) in [5.74, 6) is 0. The molecule has 1 aromatic rings. The van der Waals surface area contributed by atoms with E-state index in [0.717, 1.165) is 6.42 Å². The van der Waals surface area contributed by atoms with Crippen LogP contribution in [0.2, 0.25) is 0 Å². The van der Waals surface area contributed by atoms with Gasteiger partial charge in [-0.1, -0.05) is 30.3 Å². The van der Waals surface area contributed by atoms with Crippen LogP contribution < -0.4 is 11.1 Å². The smallest absolute Gasteiger partial charge is 0.256 e. The summed E-state index contributed by atoms with van der Waals surface area (Å²) in [4.78, 5) is 0. The molecule has 0 spiro atoms. The quantitative estimate of drug-likeness (QED) is 0.785. The van der Waals surface area contributed by atoms with Crippen molar-refractivity contribution in [2.45, 2.75) is 32.4 Å². The summed E-state index contributed by atoms with van der Waals surface area (Å²) >= 11 is 5.02. The number of thiocarbonyl (C=S) groups is 1. The van der Waals surface area contributed by atoms with E-state index in [1.54, 1.807) is 0 Å². The molecular weight excluding hydrogens is 232 g/mol. The maximum Gasteiger partial charge on any atom is 0.256 e. The van der Waals surface area contributed by atoms with E-state index in [9.17, 15) is 0 Å². The Labute approximate surface area is 108 Å². The molecule has 0 bridgehead atoms. The molecule has 0 unspecified atom stereocenters. The standard InChI is InChI=1S/C13H20N2OS/c1-10(2)15-13(17)16-9-12(14)8-11-6-4-3-5-7-11/h3-7,10,12H,8-9,14H2,1-2H3,(H,15,17)/t12-/m1/s1. The van der Waals surface area contributed by atoms with Crippen LogP contribution in [0.4, 0.5) is 0 Å². The summed E-state index contributed by atoms with van der Waals surface area (Å²) in [6.45, 7) is 4.46. The third-order valence-corrected chi connectivity index (χ3v) is 2.41. The Kier molecular flexibility index (Phi) is 5.94. The molecule has 0 fully saturated rings. The number of nitrogens with two attached hydrogens (primary N) is 1. The minimum absolute atomic E-state index is 0.0377. The average molecular weight is 252 g/mol. The fraction of sp³-hybridized carbons (Fsp3) is 0.462. The van der Waals surface area contributed by atoms with Gasteiger partial charge in [0.2, 0.25) is 0 Å². The predicted molar refractivity (Wildman–Crippen MR) is 74.9 cm³/mol. The van der Waals surface area contributed by atoms with E-state index in [1.165, 1.54) is 5.56 Å². The van der Waals surface area contributed by atoms with Crippen molar-refractivity contribution >= 4 is 17.4 Å². The van der Waals surface area contributed by atoms with E-state index in [0.29, 0.717) is 11.8 Å². The molecule has 1 atom stereocenters. The highest BCUT2D eigenvalue weighted by atomic mass is 32.1. The summed E-state index contributed by atoms with van der Waals surface area (Å²) in [7, 11) is 0. The fourth-order valence-electron chi connectivity index (χ4n) is 1.44. The van der Waals surface area contributed by atoms with Gasteiger partial charge in [0.1, 0.15) is 6.61 Å². The van der Waals surface area contributed by atoms with Crippen molar-refractivity contribution < 1.29 is 4.74 Å². The zero-order valence-electron chi connectivity index (χ0n) is 10.3. The summed E-state index contributed by atoms with van der Waals surface area (Å²) in [5, 5.41) is 3.44. The summed E-state index contributed by atoms with van der Waals surface area (Å²) in [6, 6.07) is 10.4. The van der Waals surface area contributed by atoms with E-state index in [1.807, 2.05) is 32.0 Å². The molecule has 0 aromatic heterocycles. The molecule has 0 aliphatic rings. The third-order valence-electron chi connectivity index (χ3n) is 2.18. The highest BCUT2D eigenvalue weighted by Crippen LogP contribution is 2.02. The summed E-state index contributed by atoms with van der Waals surface area (Å²) < 4.78 is 5.38. The second kappa shape index (κ2) is 7.25. The minimum atomic E-state index is -0.0377. The lowest BCUT2D eigenvalue weighted by atomic mass is 10.1. The van der Waals surface area contributed by atoms with Crippen LogP contribution in [-0.2, 0) is 11.2 Å². The van der Waals surface area contributed by atoms with E-state index in [4.69, 9.17) is 22.7 Å². The van der Waals surface area contributed by atoms with Crippen LogP contribution in [0.1, 0.15) is 19.4 Å². The van der Waals surface area contributed by atoms with Crippen molar-refractivity contribution in [3.05, 3.63) is 35.9 Å². The molecule has 17 heavy (non-hydrogen) atoms. The average Bonchev–Trinajstić information content (AvgIpc) is 2.27. The lowest BCUT2D eigenvalue weighted by Crippen LogP contribution is -2.35. The molecule has 0 amide bonds. The van der Waals surface area contributed by atoms with Crippen LogP contribution in [0.25, 0.3) is 0 Å². The van der Waals surface area contributed by atoms with Gasteiger partial charge in [0.05, 0.1) is 0 Å². The predicted octanol–water partition coefficient (Wildman–Crippen LogP) is 1.86. The Bertz CT molecular complexity index is 341. The second-order valence-electron chi connectivity index (χ2n) is 4.35. The molecule has 4 heteroatoms. The SMILES string of the molecule is CC(C)NC(=S)OC[C@H](N)Cc1ccccc1. The monoisotopic (exact) mass is 252 g/mol. The van der Waals surface area contributed by atoms with Crippen molar-refractivity contribution in [3.8, 4) is 0 Å². The fourth-order valence-corrected chi connectivity index (χ4v) is 1.74. The Morgan fingerprint density at radius 3 is 2.59 bits per heavy atom. The van der Waals surface area contributed by atoms with Gasteiger partial charge >= 0.3 is 0 Å². The van der Waals surface area contributed by atoms with Crippen molar-refractivity contribution in [2.24, 2.45) is 5.73 Å². The molecule has 0 saturated heterocycles. The van der Waals surface area contributed by atoms with Crippen molar-refractivity contribution in [1.82, 2.24) is 5.32 Å². The van der Waals surface area contributed by atoms with Gasteiger partial charge in [-0.3, -0.25) is 0 Å². The first kappa shape index (κ1) is 13.9. The van der Waals surface area contributed by atoms with Crippen LogP contribution >= 0.6 is 12.2 Å². The number of nitrogens with one attached hydrogen (secondary N) is 1. The minimum Gasteiger partial charge on any atom is -0.469 e. The molecule has 1 rings (SSSR count). The Balaban J connectivity index is 2.26. The Hall–Kier alpha value is -1.13. The lowest BCUT2D eigenvalue weighted by molar-refractivity contribution is 0.268. The largest absolute Gasteiger partial charge is 0.469 e. The van der Waals surface area contributed by atoms with Crippen LogP contribution in [0.5, 0.6) is 0 Å². The molecule has 0 radical (unpaired) electrons. The number of hydrogen-bond acceptors (Lipinski definition) is 3. The van der Waals surface area contributed by atoms with E-state index in [-0.39, 0.29) is 12.1 Å². The number of hydrogen-bond donors (Lipinski definition) is 2. The lowest BCUT2D eigenvalue weighted by Gasteiger charge is -2.16. The third kappa shape index (κ3) is 6.24. The first-order chi connectivity index (χ1) is 8.08. The zero-order valence-corrected chi connectivity index (χ0v) is 11.2. The molecule has 1 aromatic carbocycles.